The van der Waals surface area contributed by atoms with Crippen LogP contribution in [0.2, 0.25) is 0 Å². The Morgan fingerprint density at radius 2 is 1.94 bits per heavy atom. The van der Waals surface area contributed by atoms with Crippen LogP contribution in [0.15, 0.2) is 76.2 Å². The van der Waals surface area contributed by atoms with Crippen LogP contribution in [0.3, 0.4) is 0 Å². The molecule has 0 aliphatic heterocycles. The van der Waals surface area contributed by atoms with E-state index >= 15 is 0 Å². The molecule has 0 atom stereocenters. The van der Waals surface area contributed by atoms with Crippen LogP contribution < -0.4 is 11.1 Å². The van der Waals surface area contributed by atoms with E-state index in [-0.39, 0.29) is 12.5 Å². The predicted octanol–water partition coefficient (Wildman–Crippen LogP) is 4.16. The molecule has 0 bridgehead atoms. The molecule has 0 saturated heterocycles. The average molecular weight is 412 g/mol. The topological polar surface area (TPSA) is 81.5 Å². The SMILES string of the molecule is Cc1ccn2cc(-c3ccc(C)c(NC(=O)Cn4c(=O)oc5ccccc54)c3)nc2c1. The number of benzene rings is 2. The monoisotopic (exact) mass is 412 g/mol. The van der Waals surface area contributed by atoms with Crippen molar-refractivity contribution in [2.75, 3.05) is 5.32 Å². The minimum atomic E-state index is -0.554. The van der Waals surface area contributed by atoms with Gasteiger partial charge in [-0.3, -0.25) is 9.36 Å². The minimum absolute atomic E-state index is 0.132. The highest BCUT2D eigenvalue weighted by Crippen LogP contribution is 2.25. The fourth-order valence-electron chi connectivity index (χ4n) is 3.64. The van der Waals surface area contributed by atoms with E-state index in [2.05, 4.69) is 5.32 Å². The number of anilines is 1. The molecule has 5 rings (SSSR count). The molecule has 0 fully saturated rings. The molecule has 7 nitrogen and oxygen atoms in total. The van der Waals surface area contributed by atoms with Gasteiger partial charge in [-0.25, -0.2) is 9.78 Å². The van der Waals surface area contributed by atoms with Crippen molar-refractivity contribution in [2.45, 2.75) is 20.4 Å². The third-order valence-electron chi connectivity index (χ3n) is 5.30. The Labute approximate surface area is 177 Å². The minimum Gasteiger partial charge on any atom is -0.408 e. The highest BCUT2D eigenvalue weighted by atomic mass is 16.4. The summed E-state index contributed by atoms with van der Waals surface area (Å²) >= 11 is 0. The van der Waals surface area contributed by atoms with Gasteiger partial charge in [-0.2, -0.15) is 0 Å². The Morgan fingerprint density at radius 1 is 1.10 bits per heavy atom. The van der Waals surface area contributed by atoms with Crippen molar-refractivity contribution >= 4 is 28.3 Å². The highest BCUT2D eigenvalue weighted by Gasteiger charge is 2.14. The summed E-state index contributed by atoms with van der Waals surface area (Å²) in [5.74, 6) is -0.860. The van der Waals surface area contributed by atoms with Crippen LogP contribution in [-0.4, -0.2) is 19.9 Å². The standard InChI is InChI=1S/C24H20N4O3/c1-15-9-10-27-13-19(25-22(27)11-15)17-8-7-16(2)18(12-17)26-23(29)14-28-20-5-3-4-6-21(20)31-24(28)30/h3-13H,14H2,1-2H3,(H,26,29). The maximum Gasteiger partial charge on any atom is 0.420 e. The van der Waals surface area contributed by atoms with Gasteiger partial charge < -0.3 is 14.1 Å². The quantitative estimate of drug-likeness (QED) is 0.480. The fourth-order valence-corrected chi connectivity index (χ4v) is 3.64. The molecular formula is C24H20N4O3. The normalized spacial score (nSPS) is 11.3. The van der Waals surface area contributed by atoms with Gasteiger partial charge in [0.15, 0.2) is 5.58 Å². The van der Waals surface area contributed by atoms with Crippen LogP contribution in [0.5, 0.6) is 0 Å². The van der Waals surface area contributed by atoms with Crippen LogP contribution in [0.25, 0.3) is 28.0 Å². The highest BCUT2D eigenvalue weighted by molar-refractivity contribution is 5.93. The second-order valence-corrected chi connectivity index (χ2v) is 7.60. The average Bonchev–Trinajstić information content (AvgIpc) is 3.30. The lowest BCUT2D eigenvalue weighted by atomic mass is 10.1. The summed E-state index contributed by atoms with van der Waals surface area (Å²) in [5.41, 5.74) is 6.37. The molecule has 0 radical (unpaired) electrons. The summed E-state index contributed by atoms with van der Waals surface area (Å²) in [6, 6.07) is 16.9. The molecule has 0 spiro atoms. The number of carbonyl (C=O) groups is 1. The molecule has 3 aromatic heterocycles. The largest absolute Gasteiger partial charge is 0.420 e. The number of para-hydroxylation sites is 2. The number of nitrogens with zero attached hydrogens (tertiary/aromatic N) is 3. The number of oxazole rings is 1. The summed E-state index contributed by atoms with van der Waals surface area (Å²) in [7, 11) is 0. The van der Waals surface area contributed by atoms with E-state index in [1.54, 1.807) is 24.3 Å². The Balaban J connectivity index is 1.43. The second-order valence-electron chi connectivity index (χ2n) is 7.60. The third-order valence-corrected chi connectivity index (χ3v) is 5.30. The number of amides is 1. The molecule has 1 N–H and O–H groups in total. The maximum absolute atomic E-state index is 12.7. The van der Waals surface area contributed by atoms with E-state index in [0.29, 0.717) is 16.8 Å². The summed E-state index contributed by atoms with van der Waals surface area (Å²) < 4.78 is 8.50. The lowest BCUT2D eigenvalue weighted by Gasteiger charge is -2.10. The Kier molecular flexibility index (Phi) is 4.43. The maximum atomic E-state index is 12.7. The molecule has 0 unspecified atom stereocenters. The van der Waals surface area contributed by atoms with E-state index in [1.807, 2.05) is 61.0 Å². The first-order valence-electron chi connectivity index (χ1n) is 9.92. The lowest BCUT2D eigenvalue weighted by molar-refractivity contribution is -0.116. The molecular weight excluding hydrogens is 392 g/mol. The van der Waals surface area contributed by atoms with Crippen molar-refractivity contribution in [3.63, 3.8) is 0 Å². The molecule has 1 amide bonds. The van der Waals surface area contributed by atoms with Crippen LogP contribution in [-0.2, 0) is 11.3 Å². The zero-order valence-corrected chi connectivity index (χ0v) is 17.1. The molecule has 154 valence electrons. The molecule has 0 aliphatic rings. The van der Waals surface area contributed by atoms with Gasteiger partial charge in [0.2, 0.25) is 5.91 Å². The van der Waals surface area contributed by atoms with Gasteiger partial charge in [0.1, 0.15) is 12.2 Å². The molecule has 5 aromatic rings. The molecule has 0 saturated carbocycles. The number of hydrogen-bond acceptors (Lipinski definition) is 4. The van der Waals surface area contributed by atoms with Gasteiger partial charge in [0.25, 0.3) is 0 Å². The first-order chi connectivity index (χ1) is 15.0. The predicted molar refractivity (Wildman–Crippen MR) is 119 cm³/mol. The van der Waals surface area contributed by atoms with Crippen molar-refractivity contribution in [3.05, 3.63) is 88.7 Å². The molecule has 0 aliphatic carbocycles. The number of imidazole rings is 1. The van der Waals surface area contributed by atoms with Crippen LogP contribution in [0.4, 0.5) is 5.69 Å². The van der Waals surface area contributed by atoms with Gasteiger partial charge in [-0.1, -0.05) is 24.3 Å². The van der Waals surface area contributed by atoms with Crippen molar-refractivity contribution in [3.8, 4) is 11.3 Å². The summed E-state index contributed by atoms with van der Waals surface area (Å²) in [5, 5.41) is 2.92. The van der Waals surface area contributed by atoms with Gasteiger partial charge in [-0.05, 0) is 55.3 Å². The van der Waals surface area contributed by atoms with Crippen LogP contribution in [0.1, 0.15) is 11.1 Å². The van der Waals surface area contributed by atoms with Crippen LogP contribution in [0, 0.1) is 13.8 Å². The molecule has 2 aromatic carbocycles. The zero-order valence-electron chi connectivity index (χ0n) is 17.1. The lowest BCUT2D eigenvalue weighted by Crippen LogP contribution is -2.25. The van der Waals surface area contributed by atoms with Crippen molar-refractivity contribution in [1.29, 1.82) is 0 Å². The summed E-state index contributed by atoms with van der Waals surface area (Å²) in [6.45, 7) is 3.82. The van der Waals surface area contributed by atoms with E-state index in [9.17, 15) is 9.59 Å². The zero-order chi connectivity index (χ0) is 21.5. The Hall–Kier alpha value is -4.13. The summed E-state index contributed by atoms with van der Waals surface area (Å²) in [4.78, 5) is 29.6. The third kappa shape index (κ3) is 3.50. The number of fused-ring (bicyclic) bond motifs is 2. The number of aryl methyl sites for hydroxylation is 2. The number of aromatic nitrogens is 3. The van der Waals surface area contributed by atoms with E-state index in [1.165, 1.54) is 4.57 Å². The molecule has 31 heavy (non-hydrogen) atoms. The number of carbonyl (C=O) groups excluding carboxylic acids is 1. The Bertz CT molecular complexity index is 1510. The van der Waals surface area contributed by atoms with Gasteiger partial charge in [0.05, 0.1) is 11.2 Å². The number of pyridine rings is 1. The number of nitrogens with one attached hydrogen (secondary N) is 1. The van der Waals surface area contributed by atoms with Crippen molar-refractivity contribution in [2.24, 2.45) is 0 Å². The van der Waals surface area contributed by atoms with Crippen molar-refractivity contribution < 1.29 is 9.21 Å². The molecule has 7 heteroatoms. The number of rotatable bonds is 4. The van der Waals surface area contributed by atoms with Gasteiger partial charge in [-0.15, -0.1) is 0 Å². The van der Waals surface area contributed by atoms with E-state index < -0.39 is 5.76 Å². The van der Waals surface area contributed by atoms with E-state index in [0.717, 1.165) is 28.0 Å². The first-order valence-corrected chi connectivity index (χ1v) is 9.92. The molecule has 3 heterocycles. The van der Waals surface area contributed by atoms with Gasteiger partial charge >= 0.3 is 5.76 Å². The fraction of sp³-hybridized carbons (Fsp3) is 0.125. The van der Waals surface area contributed by atoms with E-state index in [4.69, 9.17) is 9.40 Å². The van der Waals surface area contributed by atoms with Crippen molar-refractivity contribution in [1.82, 2.24) is 14.0 Å². The summed E-state index contributed by atoms with van der Waals surface area (Å²) in [6.07, 6.45) is 3.94. The number of hydrogen-bond donors (Lipinski definition) is 1. The Morgan fingerprint density at radius 3 is 2.81 bits per heavy atom. The second kappa shape index (κ2) is 7.28. The van der Waals surface area contributed by atoms with Crippen LogP contribution >= 0.6 is 0 Å². The van der Waals surface area contributed by atoms with Gasteiger partial charge in [0, 0.05) is 23.6 Å². The smallest absolute Gasteiger partial charge is 0.408 e. The first kappa shape index (κ1) is 18.9.